The maximum Gasteiger partial charge on any atom is 0.342 e. The summed E-state index contributed by atoms with van der Waals surface area (Å²) in [7, 11) is 0. The summed E-state index contributed by atoms with van der Waals surface area (Å²) in [6.07, 6.45) is 9.85. The molecule has 0 amide bonds. The number of nitrogens with zero attached hydrogens (tertiary/aromatic N) is 1. The van der Waals surface area contributed by atoms with Gasteiger partial charge in [-0.2, -0.15) is 0 Å². The maximum absolute atomic E-state index is 12.4. The second-order valence-electron chi connectivity index (χ2n) is 6.11. The first-order valence-corrected chi connectivity index (χ1v) is 8.69. The number of benzene rings is 1. The molecule has 2 rings (SSSR count). The number of fused-ring (bicyclic) bond motifs is 1. The molecule has 1 aliphatic rings. The molecule has 0 fully saturated rings. The fourth-order valence-electron chi connectivity index (χ4n) is 2.51. The van der Waals surface area contributed by atoms with Gasteiger partial charge < -0.3 is 19.8 Å². The largest absolute Gasteiger partial charge is 0.508 e. The van der Waals surface area contributed by atoms with E-state index in [1.54, 1.807) is 6.08 Å². The van der Waals surface area contributed by atoms with Crippen LogP contribution in [0.5, 0.6) is 11.5 Å². The van der Waals surface area contributed by atoms with E-state index >= 15 is 0 Å². The Balaban J connectivity index is 2.39. The highest BCUT2D eigenvalue weighted by Crippen LogP contribution is 2.29. The molecule has 1 heterocycles. The Labute approximate surface area is 157 Å². The lowest BCUT2D eigenvalue weighted by atomic mass is 10.00. The van der Waals surface area contributed by atoms with Crippen molar-refractivity contribution in [2.45, 2.75) is 32.6 Å². The number of esters is 1. The molecule has 0 spiro atoms. The Bertz CT molecular complexity index is 779. The highest BCUT2D eigenvalue weighted by atomic mass is 16.6. The van der Waals surface area contributed by atoms with E-state index in [1.165, 1.54) is 13.0 Å². The van der Waals surface area contributed by atoms with Gasteiger partial charge in [0.1, 0.15) is 17.1 Å². The quantitative estimate of drug-likeness (QED) is 0.479. The van der Waals surface area contributed by atoms with Crippen LogP contribution in [-0.2, 0) is 20.8 Å². The van der Waals surface area contributed by atoms with Crippen LogP contribution in [0.25, 0.3) is 0 Å². The Morgan fingerprint density at radius 3 is 2.70 bits per heavy atom. The molecule has 0 aliphatic carbocycles. The Hall–Kier alpha value is -3.09. The monoisotopic (exact) mass is 373 g/mol. The molecule has 0 radical (unpaired) electrons. The predicted octanol–water partition coefficient (Wildman–Crippen LogP) is 3.06. The fraction of sp³-hybridized carbons (Fsp3) is 0.350. The van der Waals surface area contributed by atoms with Crippen molar-refractivity contribution in [1.29, 1.82) is 0 Å². The molecule has 1 aromatic rings. The van der Waals surface area contributed by atoms with Gasteiger partial charge in [-0.05, 0) is 43.9 Å². The molecule has 1 aromatic carbocycles. The van der Waals surface area contributed by atoms with Crippen molar-refractivity contribution in [3.05, 3.63) is 47.6 Å². The zero-order valence-corrected chi connectivity index (χ0v) is 15.2. The van der Waals surface area contributed by atoms with Crippen molar-refractivity contribution < 1.29 is 29.4 Å². The minimum atomic E-state index is -0.680. The third-order valence-electron chi connectivity index (χ3n) is 3.70. The van der Waals surface area contributed by atoms with Crippen LogP contribution >= 0.6 is 0 Å². The highest BCUT2D eigenvalue weighted by Gasteiger charge is 2.20. The lowest BCUT2D eigenvalue weighted by Crippen LogP contribution is -2.12. The second kappa shape index (κ2) is 10.2. The fourth-order valence-corrected chi connectivity index (χ4v) is 2.51. The number of rotatable bonds is 3. The number of allylic oxidation sites excluding steroid dienone is 3. The standard InChI is InChI=1S/C20H23NO6/c1-14(22)13-27-21-16-8-6-4-2-3-5-7-9-26-20(25)19-15(10-16)11-17(23)12-18(19)24/h3,5-6,8,11-12,23-24H,2,4,7,9-10,13H2,1H3/b5-3+,8-6?,21-16?. The molecule has 0 atom stereocenters. The van der Waals surface area contributed by atoms with Gasteiger partial charge in [-0.15, -0.1) is 0 Å². The minimum Gasteiger partial charge on any atom is -0.508 e. The molecule has 144 valence electrons. The molecule has 0 bridgehead atoms. The molecule has 0 saturated heterocycles. The van der Waals surface area contributed by atoms with E-state index in [0.29, 0.717) is 17.7 Å². The Kier molecular flexibility index (Phi) is 7.61. The summed E-state index contributed by atoms with van der Waals surface area (Å²) < 4.78 is 5.22. The van der Waals surface area contributed by atoms with Gasteiger partial charge in [-0.3, -0.25) is 4.79 Å². The number of aromatic hydroxyl groups is 2. The highest BCUT2D eigenvalue weighted by molar-refractivity contribution is 6.00. The number of cyclic esters (lactones) is 1. The molecule has 0 aromatic heterocycles. The molecular formula is C20H23NO6. The first kappa shape index (κ1) is 20.2. The Morgan fingerprint density at radius 1 is 1.19 bits per heavy atom. The Morgan fingerprint density at radius 2 is 1.93 bits per heavy atom. The molecule has 2 N–H and O–H groups in total. The molecule has 27 heavy (non-hydrogen) atoms. The van der Waals surface area contributed by atoms with Crippen molar-refractivity contribution in [3.63, 3.8) is 0 Å². The van der Waals surface area contributed by atoms with Gasteiger partial charge in [-0.1, -0.05) is 23.4 Å². The first-order valence-electron chi connectivity index (χ1n) is 8.69. The number of phenolic OH excluding ortho intramolecular Hbond substituents is 2. The van der Waals surface area contributed by atoms with Crippen LogP contribution < -0.4 is 0 Å². The second-order valence-corrected chi connectivity index (χ2v) is 6.11. The summed E-state index contributed by atoms with van der Waals surface area (Å²) in [4.78, 5) is 28.5. The van der Waals surface area contributed by atoms with E-state index in [2.05, 4.69) is 5.16 Å². The smallest absolute Gasteiger partial charge is 0.342 e. The lowest BCUT2D eigenvalue weighted by Gasteiger charge is -2.12. The third-order valence-corrected chi connectivity index (χ3v) is 3.70. The van der Waals surface area contributed by atoms with E-state index in [-0.39, 0.29) is 42.5 Å². The van der Waals surface area contributed by atoms with Gasteiger partial charge in [0, 0.05) is 12.5 Å². The van der Waals surface area contributed by atoms with Crippen molar-refractivity contribution in [2.24, 2.45) is 5.16 Å². The number of hydrogen-bond acceptors (Lipinski definition) is 7. The summed E-state index contributed by atoms with van der Waals surface area (Å²) >= 11 is 0. The molecule has 0 saturated carbocycles. The van der Waals surface area contributed by atoms with Crippen LogP contribution in [0.2, 0.25) is 0 Å². The van der Waals surface area contributed by atoms with Crippen LogP contribution in [0.1, 0.15) is 42.1 Å². The number of carbonyl (C=O) groups excluding carboxylic acids is 2. The van der Waals surface area contributed by atoms with Gasteiger partial charge in [0.2, 0.25) is 0 Å². The first-order chi connectivity index (χ1) is 13.0. The average molecular weight is 373 g/mol. The summed E-state index contributed by atoms with van der Waals surface area (Å²) in [6, 6.07) is 2.46. The summed E-state index contributed by atoms with van der Waals surface area (Å²) in [5, 5.41) is 23.9. The van der Waals surface area contributed by atoms with Crippen LogP contribution in [-0.4, -0.2) is 40.9 Å². The number of ketones is 1. The molecule has 1 aliphatic heterocycles. The molecule has 0 unspecified atom stereocenters. The zero-order valence-electron chi connectivity index (χ0n) is 15.2. The number of oxime groups is 1. The number of carbonyl (C=O) groups is 2. The molecule has 7 heteroatoms. The molecular weight excluding hydrogens is 350 g/mol. The van der Waals surface area contributed by atoms with E-state index < -0.39 is 5.97 Å². The van der Waals surface area contributed by atoms with Gasteiger partial charge in [0.15, 0.2) is 12.4 Å². The molecule has 7 nitrogen and oxygen atoms in total. The summed E-state index contributed by atoms with van der Waals surface area (Å²) in [5.74, 6) is -1.41. The minimum absolute atomic E-state index is 0.0264. The lowest BCUT2D eigenvalue weighted by molar-refractivity contribution is -0.121. The summed E-state index contributed by atoms with van der Waals surface area (Å²) in [5.41, 5.74) is 0.762. The number of hydrogen-bond donors (Lipinski definition) is 2. The van der Waals surface area contributed by atoms with Crippen molar-refractivity contribution in [3.8, 4) is 11.5 Å². The van der Waals surface area contributed by atoms with Gasteiger partial charge in [0.05, 0.1) is 12.3 Å². The number of phenols is 2. The SMILES string of the molecule is CC(=O)CON=C1C=CCC/C=C/CCOC(=O)c2c(O)cc(O)cc2C1. The summed E-state index contributed by atoms with van der Waals surface area (Å²) in [6.45, 7) is 1.41. The topological polar surface area (TPSA) is 105 Å². The van der Waals surface area contributed by atoms with E-state index in [1.807, 2.05) is 18.2 Å². The van der Waals surface area contributed by atoms with Gasteiger partial charge >= 0.3 is 5.97 Å². The number of ether oxygens (including phenoxy) is 1. The van der Waals surface area contributed by atoms with E-state index in [0.717, 1.165) is 18.9 Å². The van der Waals surface area contributed by atoms with Crippen molar-refractivity contribution in [2.75, 3.05) is 13.2 Å². The van der Waals surface area contributed by atoms with Crippen LogP contribution in [0.15, 0.2) is 41.6 Å². The third kappa shape index (κ3) is 6.62. The van der Waals surface area contributed by atoms with Gasteiger partial charge in [0.25, 0.3) is 0 Å². The van der Waals surface area contributed by atoms with Crippen LogP contribution in [0.3, 0.4) is 0 Å². The van der Waals surface area contributed by atoms with Gasteiger partial charge in [-0.25, -0.2) is 4.79 Å². The average Bonchev–Trinajstić information content (AvgIpc) is 2.58. The van der Waals surface area contributed by atoms with Crippen molar-refractivity contribution in [1.82, 2.24) is 0 Å². The normalized spacial score (nSPS) is 18.3. The van der Waals surface area contributed by atoms with E-state index in [4.69, 9.17) is 9.57 Å². The predicted molar refractivity (Wildman–Crippen MR) is 100.0 cm³/mol. The zero-order chi connectivity index (χ0) is 19.6. The van der Waals surface area contributed by atoms with Crippen LogP contribution in [0.4, 0.5) is 0 Å². The maximum atomic E-state index is 12.4. The van der Waals surface area contributed by atoms with E-state index in [9.17, 15) is 19.8 Å². The van der Waals surface area contributed by atoms with Crippen LogP contribution in [0, 0.1) is 0 Å². The number of Topliss-reactive ketones (excluding diaryl/α,β-unsaturated/α-hetero) is 1. The van der Waals surface area contributed by atoms with Crippen molar-refractivity contribution >= 4 is 17.5 Å².